The zero-order valence-corrected chi connectivity index (χ0v) is 19.0. The highest BCUT2D eigenvalue weighted by Crippen LogP contribution is 2.29. The molecule has 0 aliphatic carbocycles. The number of aromatic amines is 1. The minimum absolute atomic E-state index is 0.125. The molecule has 0 unspecified atom stereocenters. The Morgan fingerprint density at radius 1 is 0.917 bits per heavy atom. The van der Waals surface area contributed by atoms with Crippen molar-refractivity contribution in [1.82, 2.24) is 20.2 Å². The predicted molar refractivity (Wildman–Crippen MR) is 131 cm³/mol. The summed E-state index contributed by atoms with van der Waals surface area (Å²) in [5, 5.41) is 11.3. The van der Waals surface area contributed by atoms with Crippen LogP contribution in [0.5, 0.6) is 0 Å². The summed E-state index contributed by atoms with van der Waals surface area (Å²) in [5.41, 5.74) is 1.99. The molecule has 5 aromatic rings. The van der Waals surface area contributed by atoms with Gasteiger partial charge in [-0.3, -0.25) is 14.9 Å². The van der Waals surface area contributed by atoms with E-state index in [1.807, 2.05) is 0 Å². The van der Waals surface area contributed by atoms with Crippen LogP contribution in [-0.2, 0) is 0 Å². The monoisotopic (exact) mass is 504 g/mol. The summed E-state index contributed by atoms with van der Waals surface area (Å²) in [5.74, 6) is -2.16. The minimum atomic E-state index is -1.000. The standard InChI is InChI=1S/C25H15ClF2N6O2/c26-17-6-8-19(34-25(36)32-16-4-2-15(27)3-5-16)23(28)22(17)24(35)13-1-7-18-20(9-13)33-21(12-29-18)14-10-30-31-11-14/h1-12H,(H,30,31)(H2,32,34,36). The molecule has 0 saturated carbocycles. The van der Waals surface area contributed by atoms with E-state index in [4.69, 9.17) is 11.6 Å². The first-order chi connectivity index (χ1) is 17.4. The van der Waals surface area contributed by atoms with Crippen molar-refractivity contribution in [2.75, 3.05) is 10.6 Å². The maximum atomic E-state index is 15.3. The summed E-state index contributed by atoms with van der Waals surface area (Å²) >= 11 is 6.18. The predicted octanol–water partition coefficient (Wildman–Crippen LogP) is 5.83. The lowest BCUT2D eigenvalue weighted by Gasteiger charge is -2.12. The van der Waals surface area contributed by atoms with Crippen LogP contribution in [0.4, 0.5) is 25.0 Å². The Labute approximate surface area is 207 Å². The molecule has 0 aliphatic rings. The van der Waals surface area contributed by atoms with Gasteiger partial charge in [0.15, 0.2) is 11.6 Å². The molecule has 0 aliphatic heterocycles. The van der Waals surface area contributed by atoms with Crippen LogP contribution in [0.1, 0.15) is 15.9 Å². The fourth-order valence-corrected chi connectivity index (χ4v) is 3.73. The molecular weight excluding hydrogens is 490 g/mol. The van der Waals surface area contributed by atoms with Crippen LogP contribution in [0.15, 0.2) is 73.2 Å². The van der Waals surface area contributed by atoms with Gasteiger partial charge in [-0.25, -0.2) is 18.6 Å². The highest BCUT2D eigenvalue weighted by atomic mass is 35.5. The lowest BCUT2D eigenvalue weighted by Crippen LogP contribution is -2.21. The number of carbonyl (C=O) groups excluding carboxylic acids is 2. The van der Waals surface area contributed by atoms with E-state index in [9.17, 15) is 14.0 Å². The van der Waals surface area contributed by atoms with E-state index in [0.717, 1.165) is 0 Å². The van der Waals surface area contributed by atoms with E-state index in [0.29, 0.717) is 28.0 Å². The van der Waals surface area contributed by atoms with Crippen LogP contribution in [0.2, 0.25) is 5.02 Å². The SMILES string of the molecule is O=C(Nc1ccc(F)cc1)Nc1ccc(Cl)c(C(=O)c2ccc3ncc(-c4cn[nH]c4)nc3c2)c1F. The Morgan fingerprint density at radius 3 is 2.47 bits per heavy atom. The van der Waals surface area contributed by atoms with Gasteiger partial charge in [0.2, 0.25) is 0 Å². The van der Waals surface area contributed by atoms with E-state index in [1.165, 1.54) is 48.5 Å². The highest BCUT2D eigenvalue weighted by Gasteiger charge is 2.22. The van der Waals surface area contributed by atoms with Gasteiger partial charge in [0.1, 0.15) is 5.82 Å². The number of hydrogen-bond acceptors (Lipinski definition) is 5. The molecule has 2 amide bonds. The summed E-state index contributed by atoms with van der Waals surface area (Å²) in [6, 6.07) is 11.4. The lowest BCUT2D eigenvalue weighted by atomic mass is 10.0. The van der Waals surface area contributed by atoms with E-state index in [-0.39, 0.29) is 16.3 Å². The molecule has 0 saturated heterocycles. The van der Waals surface area contributed by atoms with Gasteiger partial charge in [-0.05, 0) is 54.6 Å². The van der Waals surface area contributed by atoms with Gasteiger partial charge in [0.05, 0.1) is 45.4 Å². The van der Waals surface area contributed by atoms with Gasteiger partial charge in [-0.15, -0.1) is 0 Å². The molecular formula is C25H15ClF2N6O2. The Morgan fingerprint density at radius 2 is 1.72 bits per heavy atom. The fourth-order valence-electron chi connectivity index (χ4n) is 3.50. The number of carbonyl (C=O) groups is 2. The van der Waals surface area contributed by atoms with Gasteiger partial charge in [-0.2, -0.15) is 5.10 Å². The average Bonchev–Trinajstić information content (AvgIpc) is 3.42. The van der Waals surface area contributed by atoms with Crippen LogP contribution >= 0.6 is 11.6 Å². The third-order valence-electron chi connectivity index (χ3n) is 5.27. The lowest BCUT2D eigenvalue weighted by molar-refractivity contribution is 0.103. The van der Waals surface area contributed by atoms with Gasteiger partial charge in [-0.1, -0.05) is 11.6 Å². The molecule has 36 heavy (non-hydrogen) atoms. The molecule has 0 spiro atoms. The number of rotatable bonds is 5. The second-order valence-corrected chi connectivity index (χ2v) is 8.05. The van der Waals surface area contributed by atoms with Crippen molar-refractivity contribution >= 4 is 45.8 Å². The first-order valence-electron chi connectivity index (χ1n) is 10.5. The number of urea groups is 1. The molecule has 3 aromatic carbocycles. The summed E-state index contributed by atoms with van der Waals surface area (Å²) in [6.07, 6.45) is 4.83. The molecule has 5 rings (SSSR count). The number of H-pyrrole nitrogens is 1. The van der Waals surface area contributed by atoms with Crippen molar-refractivity contribution in [3.8, 4) is 11.3 Å². The number of fused-ring (bicyclic) bond motifs is 1. The van der Waals surface area contributed by atoms with Crippen LogP contribution in [0.3, 0.4) is 0 Å². The second kappa shape index (κ2) is 9.51. The van der Waals surface area contributed by atoms with E-state index in [2.05, 4.69) is 30.8 Å². The molecule has 0 bridgehead atoms. The number of amides is 2. The quantitative estimate of drug-likeness (QED) is 0.261. The molecule has 3 N–H and O–H groups in total. The van der Waals surface area contributed by atoms with E-state index in [1.54, 1.807) is 24.7 Å². The average molecular weight is 505 g/mol. The number of halogens is 3. The summed E-state index contributed by atoms with van der Waals surface area (Å²) in [7, 11) is 0. The van der Waals surface area contributed by atoms with Crippen LogP contribution in [0.25, 0.3) is 22.3 Å². The van der Waals surface area contributed by atoms with Crippen molar-refractivity contribution in [3.05, 3.63) is 101 Å². The molecule has 0 radical (unpaired) electrons. The van der Waals surface area contributed by atoms with Crippen molar-refractivity contribution in [3.63, 3.8) is 0 Å². The van der Waals surface area contributed by atoms with E-state index >= 15 is 4.39 Å². The van der Waals surface area contributed by atoms with Crippen LogP contribution in [-0.4, -0.2) is 32.0 Å². The number of ketones is 1. The Bertz CT molecular complexity index is 1610. The third-order valence-corrected chi connectivity index (χ3v) is 5.58. The summed E-state index contributed by atoms with van der Waals surface area (Å²) in [6.45, 7) is 0. The zero-order chi connectivity index (χ0) is 25.2. The molecule has 0 atom stereocenters. The van der Waals surface area contributed by atoms with Crippen LogP contribution < -0.4 is 10.6 Å². The smallest absolute Gasteiger partial charge is 0.308 e. The molecule has 8 nitrogen and oxygen atoms in total. The first kappa shape index (κ1) is 23.1. The zero-order valence-electron chi connectivity index (χ0n) is 18.2. The number of hydrogen-bond donors (Lipinski definition) is 3. The largest absolute Gasteiger partial charge is 0.323 e. The molecule has 178 valence electrons. The Hall–Kier alpha value is -4.70. The number of benzene rings is 3. The van der Waals surface area contributed by atoms with Gasteiger partial charge in [0, 0.05) is 23.0 Å². The maximum absolute atomic E-state index is 15.3. The van der Waals surface area contributed by atoms with Crippen molar-refractivity contribution in [2.45, 2.75) is 0 Å². The topological polar surface area (TPSA) is 113 Å². The Kier molecular flexibility index (Phi) is 6.09. The van der Waals surface area contributed by atoms with Crippen molar-refractivity contribution in [1.29, 1.82) is 0 Å². The normalized spacial score (nSPS) is 10.9. The second-order valence-electron chi connectivity index (χ2n) is 7.64. The van der Waals surface area contributed by atoms with Gasteiger partial charge >= 0.3 is 6.03 Å². The minimum Gasteiger partial charge on any atom is -0.308 e. The molecule has 2 aromatic heterocycles. The fraction of sp³-hybridized carbons (Fsp3) is 0. The van der Waals surface area contributed by atoms with Crippen LogP contribution in [0, 0.1) is 11.6 Å². The summed E-state index contributed by atoms with van der Waals surface area (Å²) in [4.78, 5) is 34.4. The van der Waals surface area contributed by atoms with Gasteiger partial charge < -0.3 is 10.6 Å². The molecule has 2 heterocycles. The van der Waals surface area contributed by atoms with Crippen molar-refractivity contribution < 1.29 is 18.4 Å². The molecule has 0 fully saturated rings. The number of nitrogens with zero attached hydrogens (tertiary/aromatic N) is 3. The molecule has 11 heteroatoms. The highest BCUT2D eigenvalue weighted by molar-refractivity contribution is 6.35. The third kappa shape index (κ3) is 4.62. The number of anilines is 2. The summed E-state index contributed by atoms with van der Waals surface area (Å²) < 4.78 is 28.4. The number of aromatic nitrogens is 4. The van der Waals surface area contributed by atoms with Crippen molar-refractivity contribution in [2.24, 2.45) is 0 Å². The first-order valence-corrected chi connectivity index (χ1v) is 10.9. The van der Waals surface area contributed by atoms with Gasteiger partial charge in [0.25, 0.3) is 0 Å². The Balaban J connectivity index is 1.43. The maximum Gasteiger partial charge on any atom is 0.323 e. The van der Waals surface area contributed by atoms with E-state index < -0.39 is 29.0 Å². The number of nitrogens with one attached hydrogen (secondary N) is 3.